The fourth-order valence-electron chi connectivity index (χ4n) is 1.43. The second-order valence-electron chi connectivity index (χ2n) is 3.24. The number of urea groups is 1. The van der Waals surface area contributed by atoms with E-state index in [1.807, 2.05) is 0 Å². The Bertz CT molecular complexity index is 467. The number of hydrogen-bond acceptors (Lipinski definition) is 3. The molecule has 0 saturated carbocycles. The van der Waals surface area contributed by atoms with Crippen molar-refractivity contribution in [3.63, 3.8) is 0 Å². The molecule has 1 aliphatic rings. The number of hydrogen-bond donors (Lipinski definition) is 1. The quantitative estimate of drug-likeness (QED) is 0.751. The van der Waals surface area contributed by atoms with E-state index < -0.39 is 17.8 Å². The van der Waals surface area contributed by atoms with Crippen molar-refractivity contribution in [3.8, 4) is 0 Å². The minimum Gasteiger partial charge on any atom is -0.277 e. The van der Waals surface area contributed by atoms with Gasteiger partial charge in [-0.1, -0.05) is 17.7 Å². The normalized spacial score (nSPS) is 16.3. The maximum absolute atomic E-state index is 11.5. The van der Waals surface area contributed by atoms with E-state index in [0.29, 0.717) is 10.7 Å². The maximum Gasteiger partial charge on any atom is 0.335 e. The monoisotopic (exact) mass is 238 g/mol. The Morgan fingerprint density at radius 2 is 2.00 bits per heavy atom. The fourth-order valence-corrected chi connectivity index (χ4v) is 1.61. The van der Waals surface area contributed by atoms with Gasteiger partial charge in [0.05, 0.1) is 5.69 Å². The first-order chi connectivity index (χ1) is 7.58. The molecule has 0 spiro atoms. The summed E-state index contributed by atoms with van der Waals surface area (Å²) < 4.78 is 0. The number of carbonyl (C=O) groups is 3. The van der Waals surface area contributed by atoms with Gasteiger partial charge in [-0.25, -0.2) is 9.69 Å². The molecule has 0 aromatic heterocycles. The Kier molecular flexibility index (Phi) is 2.62. The van der Waals surface area contributed by atoms with Crippen molar-refractivity contribution in [3.05, 3.63) is 29.3 Å². The summed E-state index contributed by atoms with van der Waals surface area (Å²) in [6.45, 7) is 0. The molecule has 0 unspecified atom stereocenters. The standard InChI is InChI=1S/C10H7ClN2O3/c11-6-2-1-3-7(4-6)13-9(15)5-8(14)12-10(13)16/h1-4H,5H2,(H,12,14,16). The number of imide groups is 2. The first-order valence-corrected chi connectivity index (χ1v) is 4.88. The minimum atomic E-state index is -0.747. The average Bonchev–Trinajstić information content (AvgIpc) is 2.15. The van der Waals surface area contributed by atoms with Crippen LogP contribution < -0.4 is 10.2 Å². The zero-order valence-corrected chi connectivity index (χ0v) is 8.82. The van der Waals surface area contributed by atoms with Crippen molar-refractivity contribution < 1.29 is 14.4 Å². The summed E-state index contributed by atoms with van der Waals surface area (Å²) >= 11 is 5.75. The lowest BCUT2D eigenvalue weighted by atomic mass is 10.2. The van der Waals surface area contributed by atoms with E-state index in [-0.39, 0.29) is 6.42 Å². The van der Waals surface area contributed by atoms with Crippen LogP contribution in [-0.2, 0) is 9.59 Å². The van der Waals surface area contributed by atoms with Crippen molar-refractivity contribution >= 4 is 35.1 Å². The molecular formula is C10H7ClN2O3. The van der Waals surface area contributed by atoms with E-state index in [4.69, 9.17) is 11.6 Å². The van der Waals surface area contributed by atoms with Crippen molar-refractivity contribution in [2.75, 3.05) is 4.90 Å². The second kappa shape index (κ2) is 3.94. The lowest BCUT2D eigenvalue weighted by Crippen LogP contribution is -2.52. The van der Waals surface area contributed by atoms with Gasteiger partial charge in [-0.3, -0.25) is 14.9 Å². The van der Waals surface area contributed by atoms with Crippen LogP contribution in [0.25, 0.3) is 0 Å². The highest BCUT2D eigenvalue weighted by Gasteiger charge is 2.31. The molecule has 1 N–H and O–H groups in total. The Balaban J connectivity index is 2.36. The van der Waals surface area contributed by atoms with Gasteiger partial charge < -0.3 is 0 Å². The summed E-state index contributed by atoms with van der Waals surface area (Å²) in [5.74, 6) is -1.15. The Hall–Kier alpha value is -1.88. The van der Waals surface area contributed by atoms with Crippen LogP contribution in [-0.4, -0.2) is 17.8 Å². The van der Waals surface area contributed by atoms with Gasteiger partial charge in [0.25, 0.3) is 0 Å². The molecule has 6 heteroatoms. The van der Waals surface area contributed by atoms with Gasteiger partial charge in [0.15, 0.2) is 0 Å². The fraction of sp³-hybridized carbons (Fsp3) is 0.100. The summed E-state index contributed by atoms with van der Waals surface area (Å²) in [5.41, 5.74) is 0.350. The lowest BCUT2D eigenvalue weighted by Gasteiger charge is -2.24. The van der Waals surface area contributed by atoms with E-state index in [9.17, 15) is 14.4 Å². The molecule has 1 fully saturated rings. The molecule has 1 saturated heterocycles. The van der Waals surface area contributed by atoms with E-state index in [2.05, 4.69) is 5.32 Å². The lowest BCUT2D eigenvalue weighted by molar-refractivity contribution is -0.128. The van der Waals surface area contributed by atoms with Crippen LogP contribution in [0.2, 0.25) is 5.02 Å². The zero-order chi connectivity index (χ0) is 11.7. The molecule has 1 aliphatic heterocycles. The van der Waals surface area contributed by atoms with Crippen LogP contribution in [0.5, 0.6) is 0 Å². The average molecular weight is 239 g/mol. The summed E-state index contributed by atoms with van der Waals surface area (Å²) in [6.07, 6.45) is -0.335. The zero-order valence-electron chi connectivity index (χ0n) is 8.07. The van der Waals surface area contributed by atoms with Gasteiger partial charge in [-0.15, -0.1) is 0 Å². The molecule has 5 nitrogen and oxygen atoms in total. The number of carbonyl (C=O) groups excluding carboxylic acids is 3. The van der Waals surface area contributed by atoms with Gasteiger partial charge in [-0.2, -0.15) is 0 Å². The first-order valence-electron chi connectivity index (χ1n) is 4.50. The minimum absolute atomic E-state index is 0.335. The number of benzene rings is 1. The van der Waals surface area contributed by atoms with Gasteiger partial charge in [0.1, 0.15) is 6.42 Å². The summed E-state index contributed by atoms with van der Waals surface area (Å²) in [7, 11) is 0. The Morgan fingerprint density at radius 1 is 1.25 bits per heavy atom. The SMILES string of the molecule is O=C1CC(=O)N(c2cccc(Cl)c2)C(=O)N1. The third kappa shape index (κ3) is 1.90. The van der Waals surface area contributed by atoms with Gasteiger partial charge >= 0.3 is 6.03 Å². The van der Waals surface area contributed by atoms with Crippen LogP contribution in [0.4, 0.5) is 10.5 Å². The largest absolute Gasteiger partial charge is 0.335 e. The number of halogens is 1. The molecule has 0 radical (unpaired) electrons. The van der Waals surface area contributed by atoms with Gasteiger partial charge in [-0.05, 0) is 18.2 Å². The number of nitrogens with zero attached hydrogens (tertiary/aromatic N) is 1. The van der Waals surface area contributed by atoms with E-state index in [1.54, 1.807) is 18.2 Å². The summed E-state index contributed by atoms with van der Waals surface area (Å²) in [6, 6.07) is 5.55. The molecule has 82 valence electrons. The molecule has 16 heavy (non-hydrogen) atoms. The van der Waals surface area contributed by atoms with Crippen LogP contribution in [0.15, 0.2) is 24.3 Å². The third-order valence-corrected chi connectivity index (χ3v) is 2.31. The third-order valence-electron chi connectivity index (χ3n) is 2.08. The van der Waals surface area contributed by atoms with Crippen molar-refractivity contribution in [2.45, 2.75) is 6.42 Å². The number of anilines is 1. The molecule has 0 bridgehead atoms. The topological polar surface area (TPSA) is 66.5 Å². The van der Waals surface area contributed by atoms with Crippen LogP contribution >= 0.6 is 11.6 Å². The Labute approximate surface area is 96.0 Å². The summed E-state index contributed by atoms with van der Waals surface area (Å²) in [5, 5.41) is 2.47. The van der Waals surface area contributed by atoms with Gasteiger partial charge in [0, 0.05) is 5.02 Å². The number of rotatable bonds is 1. The van der Waals surface area contributed by atoms with E-state index in [1.165, 1.54) is 6.07 Å². The predicted molar refractivity (Wildman–Crippen MR) is 57.1 cm³/mol. The molecular weight excluding hydrogens is 232 g/mol. The van der Waals surface area contributed by atoms with E-state index in [0.717, 1.165) is 4.90 Å². The highest BCUT2D eigenvalue weighted by molar-refractivity contribution is 6.31. The molecule has 0 atom stereocenters. The molecule has 1 aromatic rings. The Morgan fingerprint density at radius 3 is 2.62 bits per heavy atom. The van der Waals surface area contributed by atoms with Crippen LogP contribution in [0, 0.1) is 0 Å². The van der Waals surface area contributed by atoms with Crippen molar-refractivity contribution in [2.24, 2.45) is 0 Å². The smallest absolute Gasteiger partial charge is 0.277 e. The summed E-state index contributed by atoms with van der Waals surface area (Å²) in [4.78, 5) is 34.8. The maximum atomic E-state index is 11.5. The predicted octanol–water partition coefficient (Wildman–Crippen LogP) is 1.31. The number of barbiturate groups is 1. The number of nitrogens with one attached hydrogen (secondary N) is 1. The molecule has 1 heterocycles. The first kappa shape index (κ1) is 10.6. The molecule has 4 amide bonds. The van der Waals surface area contributed by atoms with E-state index >= 15 is 0 Å². The van der Waals surface area contributed by atoms with Crippen LogP contribution in [0.3, 0.4) is 0 Å². The van der Waals surface area contributed by atoms with Crippen molar-refractivity contribution in [1.82, 2.24) is 5.32 Å². The van der Waals surface area contributed by atoms with Gasteiger partial charge in [0.2, 0.25) is 11.8 Å². The molecule has 0 aliphatic carbocycles. The van der Waals surface area contributed by atoms with Crippen LogP contribution in [0.1, 0.15) is 6.42 Å². The highest BCUT2D eigenvalue weighted by Crippen LogP contribution is 2.21. The molecule has 2 rings (SSSR count). The highest BCUT2D eigenvalue weighted by atomic mass is 35.5. The number of amides is 4. The van der Waals surface area contributed by atoms with Crippen molar-refractivity contribution in [1.29, 1.82) is 0 Å². The molecule has 1 aromatic carbocycles. The second-order valence-corrected chi connectivity index (χ2v) is 3.68.